The van der Waals surface area contributed by atoms with Crippen molar-refractivity contribution in [2.75, 3.05) is 18.4 Å². The van der Waals surface area contributed by atoms with Crippen molar-refractivity contribution in [3.63, 3.8) is 0 Å². The van der Waals surface area contributed by atoms with Crippen molar-refractivity contribution in [2.24, 2.45) is 0 Å². The molecule has 2 N–H and O–H groups in total. The summed E-state index contributed by atoms with van der Waals surface area (Å²) in [6.45, 7) is 3.79. The summed E-state index contributed by atoms with van der Waals surface area (Å²) in [5.74, 6) is 0.265. The molecule has 0 radical (unpaired) electrons. The summed E-state index contributed by atoms with van der Waals surface area (Å²) < 4.78 is 77.0. The van der Waals surface area contributed by atoms with Gasteiger partial charge in [0.15, 0.2) is 5.65 Å². The first-order valence-corrected chi connectivity index (χ1v) is 15.2. The fraction of sp³-hybridized carbons (Fsp3) is 0.276. The van der Waals surface area contributed by atoms with Crippen LogP contribution < -0.4 is 5.32 Å². The second-order valence-electron chi connectivity index (χ2n) is 10.6. The molecule has 1 fully saturated rings. The van der Waals surface area contributed by atoms with E-state index in [2.05, 4.69) is 25.4 Å². The SMILES string of the molecule is Cc1noc(C)c1-c1ccc2c(-c3nc(N[C@H]4CCCN(C(=O)O)C4)ncc3C(F)(F)F)cn(S(=O)(=O)c3ccccc3)c2n1. The Morgan fingerprint density at radius 3 is 2.53 bits per heavy atom. The number of fused-ring (bicyclic) bond motifs is 1. The smallest absolute Gasteiger partial charge is 0.419 e. The Balaban J connectivity index is 1.55. The number of aryl methyl sites for hydroxylation is 2. The lowest BCUT2D eigenvalue weighted by atomic mass is 10.0. The van der Waals surface area contributed by atoms with Crippen LogP contribution in [0.3, 0.4) is 0 Å². The van der Waals surface area contributed by atoms with Gasteiger partial charge < -0.3 is 19.8 Å². The average molecular weight is 642 g/mol. The molecule has 1 aliphatic heterocycles. The first-order valence-electron chi connectivity index (χ1n) is 13.8. The monoisotopic (exact) mass is 641 g/mol. The third-order valence-electron chi connectivity index (χ3n) is 7.58. The molecule has 1 aliphatic rings. The molecule has 6 rings (SSSR count). The summed E-state index contributed by atoms with van der Waals surface area (Å²) in [5.41, 5.74) is -0.684. The number of carbonyl (C=O) groups is 1. The molecule has 5 heterocycles. The van der Waals surface area contributed by atoms with Crippen molar-refractivity contribution < 1.29 is 36.0 Å². The molecule has 0 saturated carbocycles. The number of amides is 1. The molecule has 45 heavy (non-hydrogen) atoms. The number of alkyl halides is 3. The zero-order valence-corrected chi connectivity index (χ0v) is 24.7. The van der Waals surface area contributed by atoms with Crippen LogP contribution in [0.1, 0.15) is 29.9 Å². The lowest BCUT2D eigenvalue weighted by Crippen LogP contribution is -2.44. The van der Waals surface area contributed by atoms with Gasteiger partial charge in [-0.3, -0.25) is 0 Å². The molecule has 0 spiro atoms. The highest BCUT2D eigenvalue weighted by atomic mass is 32.2. The second kappa shape index (κ2) is 11.2. The molecule has 1 aromatic carbocycles. The molecule has 1 saturated heterocycles. The first-order chi connectivity index (χ1) is 21.3. The summed E-state index contributed by atoms with van der Waals surface area (Å²) >= 11 is 0. The number of likely N-dealkylation sites (tertiary alicyclic amines) is 1. The summed E-state index contributed by atoms with van der Waals surface area (Å²) in [7, 11) is -4.34. The van der Waals surface area contributed by atoms with Crippen molar-refractivity contribution in [1.82, 2.24) is 29.0 Å². The van der Waals surface area contributed by atoms with Gasteiger partial charge in [-0.1, -0.05) is 23.4 Å². The Bertz CT molecular complexity index is 2010. The molecule has 234 valence electrons. The highest BCUT2D eigenvalue weighted by molar-refractivity contribution is 7.90. The summed E-state index contributed by atoms with van der Waals surface area (Å²) in [5, 5.41) is 16.4. The fourth-order valence-corrected chi connectivity index (χ4v) is 6.80. The van der Waals surface area contributed by atoms with Crippen LogP contribution >= 0.6 is 0 Å². The van der Waals surface area contributed by atoms with Gasteiger partial charge in [0.2, 0.25) is 5.95 Å². The van der Waals surface area contributed by atoms with Gasteiger partial charge in [0.25, 0.3) is 10.0 Å². The summed E-state index contributed by atoms with van der Waals surface area (Å²) in [6.07, 6.45) is -3.20. The van der Waals surface area contributed by atoms with Gasteiger partial charge in [0, 0.05) is 42.5 Å². The standard InChI is InChI=1S/C29H26F3N7O5S/c1-16-24(17(2)44-37-16)23-11-10-20-21(15-39(26(20)35-23)45(42,43)19-8-4-3-5-9-19)25-22(29(30,31)32)13-33-27(36-25)34-18-7-6-12-38(14-18)28(40)41/h3-5,8-11,13,15,18H,6-7,12,14H2,1-2H3,(H,40,41)(H,33,34,36)/t18-/m0/s1. The lowest BCUT2D eigenvalue weighted by Gasteiger charge is -2.31. The number of halogens is 3. The minimum absolute atomic E-state index is 0.0925. The van der Waals surface area contributed by atoms with Gasteiger partial charge in [-0.05, 0) is 51.0 Å². The van der Waals surface area contributed by atoms with E-state index >= 15 is 0 Å². The van der Waals surface area contributed by atoms with Crippen LogP contribution in [0.2, 0.25) is 0 Å². The molecule has 5 aromatic rings. The van der Waals surface area contributed by atoms with Crippen LogP contribution in [0.15, 0.2) is 64.3 Å². The Hall–Kier alpha value is -4.99. The van der Waals surface area contributed by atoms with E-state index in [1.54, 1.807) is 26.0 Å². The van der Waals surface area contributed by atoms with E-state index in [0.717, 1.165) is 10.2 Å². The van der Waals surface area contributed by atoms with Crippen LogP contribution in [0.25, 0.3) is 33.5 Å². The molecule has 1 atom stereocenters. The quantitative estimate of drug-likeness (QED) is 0.240. The molecule has 16 heteroatoms. The maximum absolute atomic E-state index is 14.4. The number of anilines is 1. The predicted molar refractivity (Wildman–Crippen MR) is 156 cm³/mol. The number of nitrogens with zero attached hydrogens (tertiary/aromatic N) is 6. The van der Waals surface area contributed by atoms with E-state index < -0.39 is 39.6 Å². The van der Waals surface area contributed by atoms with Crippen molar-refractivity contribution in [2.45, 2.75) is 43.8 Å². The minimum Gasteiger partial charge on any atom is -0.465 e. The Morgan fingerprint density at radius 1 is 1.11 bits per heavy atom. The third kappa shape index (κ3) is 5.56. The number of rotatable bonds is 6. The first kappa shape index (κ1) is 30.1. The van der Waals surface area contributed by atoms with Crippen LogP contribution in [0.4, 0.5) is 23.9 Å². The number of piperidine rings is 1. The topological polar surface area (TPSA) is 156 Å². The van der Waals surface area contributed by atoms with E-state index in [4.69, 9.17) is 4.52 Å². The van der Waals surface area contributed by atoms with Gasteiger partial charge in [-0.15, -0.1) is 0 Å². The zero-order valence-electron chi connectivity index (χ0n) is 23.9. The number of pyridine rings is 1. The molecule has 1 amide bonds. The zero-order chi connectivity index (χ0) is 32.1. The summed E-state index contributed by atoms with van der Waals surface area (Å²) in [6, 6.07) is 10.0. The Morgan fingerprint density at radius 2 is 1.87 bits per heavy atom. The van der Waals surface area contributed by atoms with Crippen molar-refractivity contribution in [3.8, 4) is 22.5 Å². The molecule has 0 unspecified atom stereocenters. The van der Waals surface area contributed by atoms with Crippen LogP contribution in [-0.2, 0) is 16.2 Å². The van der Waals surface area contributed by atoms with E-state index in [-0.39, 0.29) is 34.0 Å². The Labute approximate surface area is 254 Å². The number of hydrogen-bond donors (Lipinski definition) is 2. The number of carboxylic acid groups (broad SMARTS) is 1. The Kier molecular flexibility index (Phi) is 7.46. The number of benzene rings is 1. The van der Waals surface area contributed by atoms with Gasteiger partial charge in [0.1, 0.15) is 11.3 Å². The predicted octanol–water partition coefficient (Wildman–Crippen LogP) is 5.58. The molecule has 0 aliphatic carbocycles. The maximum Gasteiger partial charge on any atom is 0.419 e. The maximum atomic E-state index is 14.4. The van der Waals surface area contributed by atoms with Crippen LogP contribution in [0, 0.1) is 13.8 Å². The van der Waals surface area contributed by atoms with Crippen molar-refractivity contribution in [3.05, 3.63) is 71.9 Å². The molecule has 12 nitrogen and oxygen atoms in total. The van der Waals surface area contributed by atoms with E-state index in [0.29, 0.717) is 48.3 Å². The number of aromatic nitrogens is 5. The third-order valence-corrected chi connectivity index (χ3v) is 9.25. The van der Waals surface area contributed by atoms with Gasteiger partial charge in [-0.25, -0.2) is 32.1 Å². The highest BCUT2D eigenvalue weighted by Gasteiger charge is 2.37. The highest BCUT2D eigenvalue weighted by Crippen LogP contribution is 2.41. The molecular formula is C29H26F3N7O5S. The second-order valence-corrected chi connectivity index (χ2v) is 12.4. The number of nitrogens with one attached hydrogen (secondary N) is 1. The largest absolute Gasteiger partial charge is 0.465 e. The normalized spacial score (nSPS) is 15.8. The van der Waals surface area contributed by atoms with Gasteiger partial charge in [0.05, 0.1) is 27.5 Å². The van der Waals surface area contributed by atoms with Crippen molar-refractivity contribution in [1.29, 1.82) is 0 Å². The fourth-order valence-electron chi connectivity index (χ4n) is 5.46. The minimum atomic E-state index is -4.89. The molecular weight excluding hydrogens is 615 g/mol. The van der Waals surface area contributed by atoms with Crippen molar-refractivity contribution >= 4 is 33.1 Å². The van der Waals surface area contributed by atoms with Crippen LogP contribution in [0.5, 0.6) is 0 Å². The van der Waals surface area contributed by atoms with E-state index in [9.17, 15) is 31.5 Å². The van der Waals surface area contributed by atoms with Crippen LogP contribution in [-0.4, -0.2) is 67.7 Å². The number of hydrogen-bond acceptors (Lipinski definition) is 9. The van der Waals surface area contributed by atoms with Gasteiger partial charge in [-0.2, -0.15) is 13.2 Å². The van der Waals surface area contributed by atoms with E-state index in [1.165, 1.54) is 35.2 Å². The average Bonchev–Trinajstić information content (AvgIpc) is 3.56. The molecule has 4 aromatic heterocycles. The lowest BCUT2D eigenvalue weighted by molar-refractivity contribution is -0.137. The van der Waals surface area contributed by atoms with Gasteiger partial charge >= 0.3 is 12.3 Å². The molecule has 0 bridgehead atoms. The summed E-state index contributed by atoms with van der Waals surface area (Å²) in [4.78, 5) is 25.3. The van der Waals surface area contributed by atoms with E-state index in [1.807, 2.05) is 0 Å².